The summed E-state index contributed by atoms with van der Waals surface area (Å²) in [7, 11) is -4.01. The molecule has 0 saturated heterocycles. The van der Waals surface area contributed by atoms with Crippen molar-refractivity contribution in [3.05, 3.63) is 65.6 Å². The predicted octanol–water partition coefficient (Wildman–Crippen LogP) is 2.76. The number of anilines is 1. The maximum Gasteiger partial charge on any atom is 0.261 e. The quantitative estimate of drug-likeness (QED) is 0.396. The Morgan fingerprint density at radius 1 is 1.10 bits per heavy atom. The van der Waals surface area contributed by atoms with Crippen LogP contribution in [-0.2, 0) is 10.0 Å². The topological polar surface area (TPSA) is 102 Å². The van der Waals surface area contributed by atoms with Gasteiger partial charge in [0, 0.05) is 11.8 Å². The summed E-state index contributed by atoms with van der Waals surface area (Å²) in [5.41, 5.74) is 1.25. The summed E-state index contributed by atoms with van der Waals surface area (Å²) in [5, 5.41) is 4.29. The second-order valence-corrected chi connectivity index (χ2v) is 7.81. The number of halogens is 2. The molecule has 0 aliphatic rings. The predicted molar refractivity (Wildman–Crippen MR) is 104 cm³/mol. The molecule has 11 heteroatoms. The summed E-state index contributed by atoms with van der Waals surface area (Å²) in [6.45, 7) is 0. The maximum atomic E-state index is 13.1. The first-order valence-corrected chi connectivity index (χ1v) is 9.85. The molecule has 4 aromatic rings. The molecule has 29 heavy (non-hydrogen) atoms. The maximum absolute atomic E-state index is 13.1. The Morgan fingerprint density at radius 3 is 2.55 bits per heavy atom. The molecular weight excluding hydrogens is 419 g/mol. The Hall–Kier alpha value is -3.55. The van der Waals surface area contributed by atoms with Crippen molar-refractivity contribution in [3.8, 4) is 23.6 Å². The number of hydrogen-bond acceptors (Lipinski definition) is 6. The Kier molecular flexibility index (Phi) is 4.62. The molecule has 3 aromatic heterocycles. The molecule has 1 aromatic carbocycles. The molecule has 0 amide bonds. The third-order valence-corrected chi connectivity index (χ3v) is 5.56. The summed E-state index contributed by atoms with van der Waals surface area (Å²) in [6, 6.07) is 5.83. The smallest absolute Gasteiger partial charge is 0.261 e. The van der Waals surface area contributed by atoms with Gasteiger partial charge in [0.2, 0.25) is 0 Å². The highest BCUT2D eigenvalue weighted by atomic mass is 35.5. The molecule has 0 bridgehead atoms. The van der Waals surface area contributed by atoms with Crippen LogP contribution in [0.3, 0.4) is 0 Å². The van der Waals surface area contributed by atoms with Crippen LogP contribution in [0, 0.1) is 18.2 Å². The molecule has 1 N–H and O–H groups in total. The summed E-state index contributed by atoms with van der Waals surface area (Å²) in [6.07, 6.45) is 9.75. The average molecular weight is 429 g/mol. The van der Waals surface area contributed by atoms with Crippen molar-refractivity contribution >= 4 is 33.1 Å². The second kappa shape index (κ2) is 7.12. The van der Waals surface area contributed by atoms with Crippen LogP contribution in [0.2, 0.25) is 5.15 Å². The summed E-state index contributed by atoms with van der Waals surface area (Å²) < 4.78 is 41.9. The van der Waals surface area contributed by atoms with E-state index in [9.17, 15) is 12.8 Å². The lowest BCUT2D eigenvalue weighted by atomic mass is 10.2. The lowest BCUT2D eigenvalue weighted by Gasteiger charge is -2.10. The Bertz CT molecular complexity index is 1380. The lowest BCUT2D eigenvalue weighted by molar-refractivity contribution is 0.599. The lowest BCUT2D eigenvalue weighted by Crippen LogP contribution is -2.13. The number of terminal acetylenes is 1. The number of fused-ring (bicyclic) bond motifs is 1. The molecule has 0 aliphatic carbocycles. The van der Waals surface area contributed by atoms with Gasteiger partial charge in [-0.25, -0.2) is 27.8 Å². The van der Waals surface area contributed by atoms with E-state index in [2.05, 4.69) is 30.7 Å². The molecule has 0 spiro atoms. The molecule has 0 aliphatic heterocycles. The van der Waals surface area contributed by atoms with Gasteiger partial charge < -0.3 is 0 Å². The molecule has 144 valence electrons. The summed E-state index contributed by atoms with van der Waals surface area (Å²) in [4.78, 5) is 12.1. The van der Waals surface area contributed by atoms with Crippen molar-refractivity contribution in [3.63, 3.8) is 0 Å². The van der Waals surface area contributed by atoms with Crippen molar-refractivity contribution < 1.29 is 12.8 Å². The Balaban J connectivity index is 1.73. The third-order valence-electron chi connectivity index (χ3n) is 3.88. The number of pyridine rings is 1. The molecule has 0 unspecified atom stereocenters. The number of benzene rings is 1. The standard InChI is InChI=1S/C18H10ClFN6O2S/c1-2-13-9-22-18-23-10-16(24-26(13)18)11-7-15(17(19)21-8-11)25-29(27,28)14-5-3-12(20)4-6-14/h1,3-10,25H. The molecule has 0 radical (unpaired) electrons. The van der Waals surface area contributed by atoms with Crippen LogP contribution >= 0.6 is 11.6 Å². The monoisotopic (exact) mass is 428 g/mol. The van der Waals surface area contributed by atoms with E-state index in [4.69, 9.17) is 18.0 Å². The number of nitrogens with one attached hydrogen (secondary N) is 1. The van der Waals surface area contributed by atoms with Crippen molar-refractivity contribution in [1.29, 1.82) is 0 Å². The van der Waals surface area contributed by atoms with Crippen LogP contribution in [-0.4, -0.2) is 33.0 Å². The normalized spacial score (nSPS) is 11.3. The highest BCUT2D eigenvalue weighted by Gasteiger charge is 2.18. The second-order valence-electron chi connectivity index (χ2n) is 5.76. The van der Waals surface area contributed by atoms with Crippen molar-refractivity contribution in [2.24, 2.45) is 0 Å². The fourth-order valence-corrected chi connectivity index (χ4v) is 3.75. The molecule has 0 atom stereocenters. The van der Waals surface area contributed by atoms with E-state index in [0.29, 0.717) is 22.7 Å². The van der Waals surface area contributed by atoms with E-state index < -0.39 is 15.8 Å². The van der Waals surface area contributed by atoms with E-state index in [1.807, 2.05) is 0 Å². The van der Waals surface area contributed by atoms with Gasteiger partial charge in [-0.1, -0.05) is 11.6 Å². The molecule has 4 rings (SSSR count). The van der Waals surface area contributed by atoms with Crippen molar-refractivity contribution in [2.75, 3.05) is 4.72 Å². The van der Waals surface area contributed by atoms with Crippen LogP contribution in [0.15, 0.2) is 53.8 Å². The number of aromatic nitrogens is 5. The van der Waals surface area contributed by atoms with Gasteiger partial charge in [0.1, 0.15) is 17.2 Å². The van der Waals surface area contributed by atoms with Crippen LogP contribution in [0.25, 0.3) is 17.0 Å². The Labute approximate surface area is 169 Å². The number of rotatable bonds is 4. The number of imidazole rings is 1. The first-order chi connectivity index (χ1) is 13.9. The van der Waals surface area contributed by atoms with E-state index >= 15 is 0 Å². The van der Waals surface area contributed by atoms with E-state index in [1.54, 1.807) is 0 Å². The van der Waals surface area contributed by atoms with Gasteiger partial charge in [0.05, 0.1) is 23.0 Å². The number of nitrogens with zero attached hydrogens (tertiary/aromatic N) is 5. The van der Waals surface area contributed by atoms with Crippen LogP contribution < -0.4 is 4.72 Å². The van der Waals surface area contributed by atoms with Crippen molar-refractivity contribution in [2.45, 2.75) is 4.90 Å². The molecule has 8 nitrogen and oxygen atoms in total. The van der Waals surface area contributed by atoms with Gasteiger partial charge in [-0.15, -0.1) is 6.42 Å². The SMILES string of the molecule is C#Cc1cnc2ncc(-c3cnc(Cl)c(NS(=O)(=O)c4ccc(F)cc4)c3)nn12. The van der Waals surface area contributed by atoms with Gasteiger partial charge in [0.25, 0.3) is 15.8 Å². The average Bonchev–Trinajstić information content (AvgIpc) is 3.12. The van der Waals surface area contributed by atoms with Gasteiger partial charge in [-0.3, -0.25) is 4.72 Å². The summed E-state index contributed by atoms with van der Waals surface area (Å²) >= 11 is 6.05. The van der Waals surface area contributed by atoms with Crippen LogP contribution in [0.1, 0.15) is 5.69 Å². The van der Waals surface area contributed by atoms with E-state index in [-0.39, 0.29) is 15.7 Å². The van der Waals surface area contributed by atoms with Crippen molar-refractivity contribution in [1.82, 2.24) is 24.6 Å². The van der Waals surface area contributed by atoms with Gasteiger partial charge in [-0.2, -0.15) is 9.61 Å². The highest BCUT2D eigenvalue weighted by Crippen LogP contribution is 2.27. The highest BCUT2D eigenvalue weighted by molar-refractivity contribution is 7.92. The minimum atomic E-state index is -4.01. The first-order valence-electron chi connectivity index (χ1n) is 7.99. The van der Waals surface area contributed by atoms with E-state index in [1.165, 1.54) is 29.2 Å². The summed E-state index contributed by atoms with van der Waals surface area (Å²) in [5.74, 6) is 2.21. The fourth-order valence-electron chi connectivity index (χ4n) is 2.48. The zero-order chi connectivity index (χ0) is 20.6. The van der Waals surface area contributed by atoms with Crippen LogP contribution in [0.4, 0.5) is 10.1 Å². The zero-order valence-corrected chi connectivity index (χ0v) is 16.0. The number of hydrogen-bond donors (Lipinski definition) is 1. The minimum Gasteiger partial charge on any atom is -0.276 e. The fraction of sp³-hybridized carbons (Fsp3) is 0. The minimum absolute atomic E-state index is 0.0261. The van der Waals surface area contributed by atoms with Gasteiger partial charge >= 0.3 is 0 Å². The zero-order valence-electron chi connectivity index (χ0n) is 14.4. The Morgan fingerprint density at radius 2 is 1.83 bits per heavy atom. The molecular formula is C18H10ClFN6O2S. The van der Waals surface area contributed by atoms with E-state index in [0.717, 1.165) is 24.3 Å². The van der Waals surface area contributed by atoms with Gasteiger partial charge in [0.15, 0.2) is 5.15 Å². The number of sulfonamides is 1. The molecule has 0 saturated carbocycles. The largest absolute Gasteiger partial charge is 0.276 e. The third kappa shape index (κ3) is 3.61. The molecule has 0 fully saturated rings. The van der Waals surface area contributed by atoms with Crippen LogP contribution in [0.5, 0.6) is 0 Å². The first kappa shape index (κ1) is 18.8. The van der Waals surface area contributed by atoms with Gasteiger partial charge in [-0.05, 0) is 36.3 Å². The molecule has 3 heterocycles.